The van der Waals surface area contributed by atoms with Gasteiger partial charge in [0.05, 0.1) is 14.1 Å². The van der Waals surface area contributed by atoms with Gasteiger partial charge in [-0.15, -0.1) is 0 Å². The molecule has 0 unspecified atom stereocenters. The van der Waals surface area contributed by atoms with E-state index in [2.05, 4.69) is 5.16 Å². The molecule has 0 bridgehead atoms. The smallest absolute Gasteiger partial charge is 0.243 e. The van der Waals surface area contributed by atoms with Gasteiger partial charge in [0, 0.05) is 0 Å². The number of oxime groups is 1. The van der Waals surface area contributed by atoms with E-state index in [1.54, 1.807) is 0 Å². The molecule has 0 amide bonds. The molecule has 2 aromatic rings. The third kappa shape index (κ3) is 4.92. The first kappa shape index (κ1) is 17.5. The van der Waals surface area contributed by atoms with Crippen LogP contribution in [0.3, 0.4) is 0 Å². The summed E-state index contributed by atoms with van der Waals surface area (Å²) in [6, 6.07) is 0. The average molecular weight is 306 g/mol. The van der Waals surface area contributed by atoms with Crippen molar-refractivity contribution in [1.29, 1.82) is 0 Å². The second kappa shape index (κ2) is 7.81. The molecule has 6 nitrogen and oxygen atoms in total. The first-order chi connectivity index (χ1) is 8.17. The highest BCUT2D eigenvalue weighted by atomic mass is 35.5. The Morgan fingerprint density at radius 3 is 1.68 bits per heavy atom. The van der Waals surface area contributed by atoms with Gasteiger partial charge in [-0.1, -0.05) is 5.16 Å². The Morgan fingerprint density at radius 2 is 1.42 bits per heavy atom. The highest BCUT2D eigenvalue weighted by Gasteiger charge is 2.11. The molecule has 2 aromatic heterocycles. The Balaban J connectivity index is 0.00000162. The summed E-state index contributed by atoms with van der Waals surface area (Å²) in [6.45, 7) is 1.17. The Morgan fingerprint density at radius 1 is 1.00 bits per heavy atom. The van der Waals surface area contributed by atoms with E-state index in [1.165, 1.54) is 0 Å². The van der Waals surface area contributed by atoms with E-state index >= 15 is 0 Å². The van der Waals surface area contributed by atoms with Gasteiger partial charge in [-0.25, -0.2) is 18.3 Å². The second-order valence-electron chi connectivity index (χ2n) is 4.17. The summed E-state index contributed by atoms with van der Waals surface area (Å²) >= 11 is 0. The topological polar surface area (TPSA) is 50.2 Å². The van der Waals surface area contributed by atoms with Gasteiger partial charge in [-0.05, 0) is 0 Å². The molecule has 1 N–H and O–H groups in total. The van der Waals surface area contributed by atoms with Crippen LogP contribution in [0.2, 0.25) is 0 Å². The van der Waals surface area contributed by atoms with Crippen molar-refractivity contribution in [2.24, 2.45) is 19.3 Å². The lowest BCUT2D eigenvalue weighted by atomic mass is 10.3. The third-order valence-corrected chi connectivity index (χ3v) is 2.52. The van der Waals surface area contributed by atoms with Crippen molar-refractivity contribution >= 4 is 5.71 Å². The number of hydrogen-bond donors (Lipinski definition) is 1. The number of imidazole rings is 2. The van der Waals surface area contributed by atoms with Crippen molar-refractivity contribution in [1.82, 2.24) is 9.13 Å². The summed E-state index contributed by atoms with van der Waals surface area (Å²) in [6.07, 6.45) is 11.7. The maximum Gasteiger partial charge on any atom is 0.243 e. The zero-order valence-electron chi connectivity index (χ0n) is 10.8. The molecule has 0 saturated carbocycles. The number of halogens is 2. The van der Waals surface area contributed by atoms with Gasteiger partial charge in [0.2, 0.25) is 12.7 Å². The maximum atomic E-state index is 9.01. The number of rotatable bonds is 4. The van der Waals surface area contributed by atoms with Gasteiger partial charge in [0.25, 0.3) is 0 Å². The van der Waals surface area contributed by atoms with Gasteiger partial charge < -0.3 is 30.0 Å². The van der Waals surface area contributed by atoms with Crippen molar-refractivity contribution < 1.29 is 39.2 Å². The zero-order chi connectivity index (χ0) is 12.3. The monoisotopic (exact) mass is 305 g/mol. The minimum absolute atomic E-state index is 0. The van der Waals surface area contributed by atoms with Gasteiger partial charge in [0.15, 0.2) is 0 Å². The van der Waals surface area contributed by atoms with Crippen LogP contribution in [0.4, 0.5) is 0 Å². The van der Waals surface area contributed by atoms with Crippen molar-refractivity contribution in [3.63, 3.8) is 0 Å². The van der Waals surface area contributed by atoms with E-state index in [-0.39, 0.29) is 24.8 Å². The molecule has 8 heteroatoms. The molecule has 0 radical (unpaired) electrons. The molecule has 0 aliphatic carbocycles. The molecule has 0 fully saturated rings. The highest BCUT2D eigenvalue weighted by molar-refractivity contribution is 5.83. The van der Waals surface area contributed by atoms with Gasteiger partial charge >= 0.3 is 0 Å². The quantitative estimate of drug-likeness (QED) is 0.260. The average Bonchev–Trinajstić information content (AvgIpc) is 2.87. The summed E-state index contributed by atoms with van der Waals surface area (Å²) in [5.41, 5.74) is 0.706. The van der Waals surface area contributed by atoms with E-state index in [1.807, 2.05) is 69.8 Å². The fourth-order valence-corrected chi connectivity index (χ4v) is 1.73. The van der Waals surface area contributed by atoms with Crippen LogP contribution in [-0.4, -0.2) is 20.1 Å². The van der Waals surface area contributed by atoms with Gasteiger partial charge in [-0.3, -0.25) is 0 Å². The lowest BCUT2D eigenvalue weighted by Gasteiger charge is -1.98. The molecule has 0 spiro atoms. The Hall–Kier alpha value is -1.53. The van der Waals surface area contributed by atoms with Crippen LogP contribution < -0.4 is 33.9 Å². The molecule has 2 rings (SSSR count). The summed E-state index contributed by atoms with van der Waals surface area (Å²) in [5.74, 6) is 0. The van der Waals surface area contributed by atoms with E-state index in [9.17, 15) is 0 Å². The summed E-state index contributed by atoms with van der Waals surface area (Å²) < 4.78 is 7.84. The fourth-order valence-electron chi connectivity index (χ4n) is 1.73. The lowest BCUT2D eigenvalue weighted by molar-refractivity contribution is -0.671. The molecule has 0 aliphatic rings. The lowest BCUT2D eigenvalue weighted by Crippen LogP contribution is -3.00. The van der Waals surface area contributed by atoms with Crippen molar-refractivity contribution in [3.8, 4) is 0 Å². The molecule has 19 heavy (non-hydrogen) atoms. The maximum absolute atomic E-state index is 9.01. The largest absolute Gasteiger partial charge is 1.00 e. The number of hydrogen-bond acceptors (Lipinski definition) is 2. The molecule has 0 aliphatic heterocycles. The third-order valence-electron chi connectivity index (χ3n) is 2.52. The standard InChI is InChI=1S/C11H16N5O.2ClH/c1-13-3-5-15(9-13)7-11(12-17)8-16-6-4-14(2)10-16;;/h3-6,9-10H,7-8H2,1-2H3;2*1H/q+1;;/p-1. The van der Waals surface area contributed by atoms with Gasteiger partial charge in [-0.2, -0.15) is 0 Å². The fraction of sp³-hybridized carbons (Fsp3) is 0.364. The Bertz CT molecular complexity index is 490. The number of aromatic nitrogens is 4. The molecule has 106 valence electrons. The molecule has 2 heterocycles. The Labute approximate surface area is 124 Å². The van der Waals surface area contributed by atoms with Crippen molar-refractivity contribution in [3.05, 3.63) is 37.4 Å². The van der Waals surface area contributed by atoms with E-state index < -0.39 is 0 Å². The van der Waals surface area contributed by atoms with E-state index in [4.69, 9.17) is 5.21 Å². The molecular formula is C11H17Cl2N5O. The molecular weight excluding hydrogens is 289 g/mol. The predicted octanol–water partition coefficient (Wildman–Crippen LogP) is -6.52. The minimum Gasteiger partial charge on any atom is -1.00 e. The van der Waals surface area contributed by atoms with Crippen LogP contribution in [0.25, 0.3) is 0 Å². The first-order valence-corrected chi connectivity index (χ1v) is 5.39. The van der Waals surface area contributed by atoms with Crippen molar-refractivity contribution in [2.45, 2.75) is 13.1 Å². The van der Waals surface area contributed by atoms with Crippen LogP contribution in [0.5, 0.6) is 0 Å². The summed E-state index contributed by atoms with van der Waals surface area (Å²) in [4.78, 5) is 0. The van der Waals surface area contributed by atoms with Crippen molar-refractivity contribution in [2.75, 3.05) is 0 Å². The van der Waals surface area contributed by atoms with Crippen LogP contribution in [0.15, 0.2) is 42.6 Å². The SMILES string of the molecule is C[n+]1ccn(CC(Cn2cc[n+](C)c2)=NO)c1.[Cl-].[Cl-]. The summed E-state index contributed by atoms with van der Waals surface area (Å²) in [5, 5.41) is 12.4. The van der Waals surface area contributed by atoms with E-state index in [0.29, 0.717) is 18.8 Å². The molecule has 0 saturated heterocycles. The van der Waals surface area contributed by atoms with Gasteiger partial charge in [0.1, 0.15) is 43.6 Å². The van der Waals surface area contributed by atoms with Crippen LogP contribution in [0.1, 0.15) is 0 Å². The predicted molar refractivity (Wildman–Crippen MR) is 60.4 cm³/mol. The second-order valence-corrected chi connectivity index (χ2v) is 4.17. The van der Waals surface area contributed by atoms with Crippen LogP contribution in [0, 0.1) is 0 Å². The normalized spacial score (nSPS) is 9.37. The number of nitrogens with zero attached hydrogens (tertiary/aromatic N) is 5. The molecule has 0 atom stereocenters. The zero-order valence-corrected chi connectivity index (χ0v) is 12.3. The Kier molecular flexibility index (Phi) is 7.18. The highest BCUT2D eigenvalue weighted by Crippen LogP contribution is 1.93. The van der Waals surface area contributed by atoms with E-state index in [0.717, 1.165) is 0 Å². The summed E-state index contributed by atoms with van der Waals surface area (Å²) in [7, 11) is 3.91. The molecule has 0 aromatic carbocycles. The van der Waals surface area contributed by atoms with Crippen LogP contribution in [-0.2, 0) is 27.2 Å². The van der Waals surface area contributed by atoms with Crippen LogP contribution >= 0.6 is 0 Å². The number of aryl methyl sites for hydroxylation is 2. The minimum atomic E-state index is 0. The first-order valence-electron chi connectivity index (χ1n) is 5.39.